The van der Waals surface area contributed by atoms with E-state index in [0.29, 0.717) is 5.56 Å². The fourth-order valence-electron chi connectivity index (χ4n) is 3.05. The molecule has 0 heterocycles. The van der Waals surface area contributed by atoms with Crippen molar-refractivity contribution in [2.75, 3.05) is 6.61 Å². The second-order valence-electron chi connectivity index (χ2n) is 8.45. The maximum absolute atomic E-state index is 12.0. The maximum atomic E-state index is 12.0. The van der Waals surface area contributed by atoms with Gasteiger partial charge in [-0.25, -0.2) is 4.79 Å². The van der Waals surface area contributed by atoms with Crippen molar-refractivity contribution in [1.82, 2.24) is 0 Å². The number of nitro benzene ring substituents is 1. The van der Waals surface area contributed by atoms with Gasteiger partial charge in [-0.2, -0.15) is 0 Å². The fourth-order valence-corrected chi connectivity index (χ4v) is 3.05. The van der Waals surface area contributed by atoms with Crippen LogP contribution in [0.15, 0.2) is 70.9 Å². The Morgan fingerprint density at radius 3 is 1.75 bits per heavy atom. The van der Waals surface area contributed by atoms with Gasteiger partial charge in [0.1, 0.15) is 6.61 Å². The van der Waals surface area contributed by atoms with Crippen LogP contribution in [0.4, 0.5) is 5.69 Å². The highest BCUT2D eigenvalue weighted by Gasteiger charge is 2.09. The lowest BCUT2D eigenvalue weighted by atomic mass is 10.0. The van der Waals surface area contributed by atoms with Crippen molar-refractivity contribution < 1.29 is 14.5 Å². The SMILES string of the molecule is CC(C)=CCC/C(C)=C/CC/C(C)=C/CC/C(C)=C/COC(=O)c1ccc([N+](=O)[O-])cc1. The third-order valence-corrected chi connectivity index (χ3v) is 5.11. The summed E-state index contributed by atoms with van der Waals surface area (Å²) in [5.41, 5.74) is 5.66. The van der Waals surface area contributed by atoms with Crippen molar-refractivity contribution in [3.63, 3.8) is 0 Å². The van der Waals surface area contributed by atoms with E-state index in [1.54, 1.807) is 0 Å². The highest BCUT2D eigenvalue weighted by Crippen LogP contribution is 2.15. The molecule has 32 heavy (non-hydrogen) atoms. The molecule has 0 saturated carbocycles. The number of carbonyl (C=O) groups is 1. The first kappa shape index (κ1) is 27.1. The Morgan fingerprint density at radius 1 is 0.812 bits per heavy atom. The van der Waals surface area contributed by atoms with Crippen molar-refractivity contribution >= 4 is 11.7 Å². The Labute approximate surface area is 192 Å². The predicted molar refractivity (Wildman–Crippen MR) is 132 cm³/mol. The highest BCUT2D eigenvalue weighted by molar-refractivity contribution is 5.89. The van der Waals surface area contributed by atoms with Crippen molar-refractivity contribution in [3.8, 4) is 0 Å². The van der Waals surface area contributed by atoms with E-state index in [4.69, 9.17) is 4.74 Å². The Bertz CT molecular complexity index is 869. The second kappa shape index (κ2) is 15.0. The molecule has 0 aliphatic carbocycles. The number of non-ortho nitro benzene ring substituents is 1. The summed E-state index contributed by atoms with van der Waals surface area (Å²) < 4.78 is 5.23. The smallest absolute Gasteiger partial charge is 0.338 e. The largest absolute Gasteiger partial charge is 0.458 e. The number of nitrogens with zero attached hydrogens (tertiary/aromatic N) is 1. The highest BCUT2D eigenvalue weighted by atomic mass is 16.6. The van der Waals surface area contributed by atoms with Crippen LogP contribution in [0.25, 0.3) is 0 Å². The van der Waals surface area contributed by atoms with E-state index in [-0.39, 0.29) is 12.3 Å². The van der Waals surface area contributed by atoms with Crippen LogP contribution in [0.5, 0.6) is 0 Å². The fraction of sp³-hybridized carbons (Fsp3) is 0.444. The minimum absolute atomic E-state index is 0.0498. The zero-order valence-corrected chi connectivity index (χ0v) is 20.1. The lowest BCUT2D eigenvalue weighted by Crippen LogP contribution is -2.05. The molecule has 0 unspecified atom stereocenters. The van der Waals surface area contributed by atoms with Gasteiger partial charge in [0, 0.05) is 12.1 Å². The molecule has 5 nitrogen and oxygen atoms in total. The molecule has 5 heteroatoms. The van der Waals surface area contributed by atoms with Crippen molar-refractivity contribution in [2.24, 2.45) is 0 Å². The number of nitro groups is 1. The molecule has 0 saturated heterocycles. The van der Waals surface area contributed by atoms with Gasteiger partial charge in [-0.05, 0) is 91.4 Å². The van der Waals surface area contributed by atoms with Crippen LogP contribution in [0.3, 0.4) is 0 Å². The van der Waals surface area contributed by atoms with Gasteiger partial charge in [0.05, 0.1) is 10.5 Å². The summed E-state index contributed by atoms with van der Waals surface area (Å²) in [5, 5.41) is 10.7. The Morgan fingerprint density at radius 2 is 1.28 bits per heavy atom. The summed E-state index contributed by atoms with van der Waals surface area (Å²) in [6.07, 6.45) is 15.1. The standard InChI is InChI=1S/C27H37NO4/c1-21(2)9-6-10-22(3)11-7-12-23(4)13-8-14-24(5)19-20-32-27(29)25-15-17-26(18-16-25)28(30)31/h9,11,13,15-19H,6-8,10,12,14,20H2,1-5H3/b22-11+,23-13+,24-19+. The summed E-state index contributed by atoms with van der Waals surface area (Å²) >= 11 is 0. The third-order valence-electron chi connectivity index (χ3n) is 5.11. The molecule has 0 aliphatic rings. The first-order valence-electron chi connectivity index (χ1n) is 11.2. The minimum Gasteiger partial charge on any atom is -0.458 e. The van der Waals surface area contributed by atoms with Gasteiger partial charge in [0.2, 0.25) is 0 Å². The van der Waals surface area contributed by atoms with E-state index >= 15 is 0 Å². The van der Waals surface area contributed by atoms with Crippen molar-refractivity contribution in [1.29, 1.82) is 0 Å². The molecule has 0 aromatic heterocycles. The average Bonchev–Trinajstić information content (AvgIpc) is 2.73. The second-order valence-corrected chi connectivity index (χ2v) is 8.45. The van der Waals surface area contributed by atoms with Gasteiger partial charge >= 0.3 is 5.97 Å². The summed E-state index contributed by atoms with van der Waals surface area (Å²) in [6, 6.07) is 5.41. The number of benzene rings is 1. The Hall–Kier alpha value is -2.95. The number of hydrogen-bond acceptors (Lipinski definition) is 4. The third kappa shape index (κ3) is 12.0. The lowest BCUT2D eigenvalue weighted by molar-refractivity contribution is -0.384. The molecule has 174 valence electrons. The van der Waals surface area contributed by atoms with Crippen LogP contribution < -0.4 is 0 Å². The summed E-state index contributed by atoms with van der Waals surface area (Å²) in [6.45, 7) is 10.9. The van der Waals surface area contributed by atoms with E-state index in [2.05, 4.69) is 45.9 Å². The van der Waals surface area contributed by atoms with E-state index in [0.717, 1.165) is 38.5 Å². The first-order chi connectivity index (χ1) is 15.2. The van der Waals surface area contributed by atoms with E-state index in [1.165, 1.54) is 46.6 Å². The molecule has 1 aromatic rings. The Kier molecular flexibility index (Phi) is 12.7. The molecule has 0 radical (unpaired) electrons. The lowest BCUT2D eigenvalue weighted by Gasteiger charge is -2.04. The van der Waals surface area contributed by atoms with Gasteiger partial charge in [0.25, 0.3) is 5.69 Å². The van der Waals surface area contributed by atoms with Crippen LogP contribution in [-0.2, 0) is 4.74 Å². The van der Waals surface area contributed by atoms with Gasteiger partial charge < -0.3 is 4.74 Å². The summed E-state index contributed by atoms with van der Waals surface area (Å²) in [4.78, 5) is 22.2. The Balaban J connectivity index is 2.31. The zero-order chi connectivity index (χ0) is 23.9. The van der Waals surface area contributed by atoms with Crippen molar-refractivity contribution in [3.05, 3.63) is 86.5 Å². The number of carbonyl (C=O) groups excluding carboxylic acids is 1. The van der Waals surface area contributed by atoms with Gasteiger partial charge in [-0.3, -0.25) is 10.1 Å². The zero-order valence-electron chi connectivity index (χ0n) is 20.1. The summed E-state index contributed by atoms with van der Waals surface area (Å²) in [5.74, 6) is -0.483. The van der Waals surface area contributed by atoms with E-state index < -0.39 is 10.9 Å². The minimum atomic E-state index is -0.498. The molecule has 0 fully saturated rings. The number of ether oxygens (including phenoxy) is 1. The molecular formula is C27H37NO4. The van der Waals surface area contributed by atoms with Gasteiger partial charge in [0.15, 0.2) is 0 Å². The first-order valence-corrected chi connectivity index (χ1v) is 11.2. The molecule has 1 aromatic carbocycles. The summed E-state index contributed by atoms with van der Waals surface area (Å²) in [7, 11) is 0. The predicted octanol–water partition coefficient (Wildman–Crippen LogP) is 7.90. The van der Waals surface area contributed by atoms with Gasteiger partial charge in [-0.15, -0.1) is 0 Å². The molecule has 0 bridgehead atoms. The number of rotatable bonds is 13. The average molecular weight is 440 g/mol. The van der Waals surface area contributed by atoms with E-state index in [9.17, 15) is 14.9 Å². The number of hydrogen-bond donors (Lipinski definition) is 0. The quantitative estimate of drug-likeness (QED) is 0.136. The van der Waals surface area contributed by atoms with Crippen LogP contribution in [0, 0.1) is 10.1 Å². The number of allylic oxidation sites excluding steroid dienone is 7. The molecule has 0 aliphatic heterocycles. The monoisotopic (exact) mass is 439 g/mol. The van der Waals surface area contributed by atoms with Crippen LogP contribution >= 0.6 is 0 Å². The molecule has 0 atom stereocenters. The molecule has 0 amide bonds. The van der Waals surface area contributed by atoms with Crippen LogP contribution in [0.1, 0.15) is 83.5 Å². The van der Waals surface area contributed by atoms with Gasteiger partial charge in [-0.1, -0.05) is 40.5 Å². The molecule has 0 spiro atoms. The maximum Gasteiger partial charge on any atom is 0.338 e. The molecule has 0 N–H and O–H groups in total. The van der Waals surface area contributed by atoms with E-state index in [1.807, 2.05) is 13.0 Å². The topological polar surface area (TPSA) is 69.4 Å². The normalized spacial score (nSPS) is 12.5. The molecule has 1 rings (SSSR count). The molecular weight excluding hydrogens is 402 g/mol. The van der Waals surface area contributed by atoms with Crippen LogP contribution in [0.2, 0.25) is 0 Å². The van der Waals surface area contributed by atoms with Crippen molar-refractivity contribution in [2.45, 2.75) is 73.1 Å². The van der Waals surface area contributed by atoms with Crippen LogP contribution in [-0.4, -0.2) is 17.5 Å². The number of esters is 1.